The zero-order valence-electron chi connectivity index (χ0n) is 11.7. The highest BCUT2D eigenvalue weighted by Gasteiger charge is 2.73. The molecule has 1 aromatic carbocycles. The second kappa shape index (κ2) is 2.97. The van der Waals surface area contributed by atoms with Crippen LogP contribution in [0.15, 0.2) is 24.3 Å². The molecule has 100 valence electrons. The Bertz CT molecular complexity index is 550. The molecule has 5 rings (SSSR count). The summed E-state index contributed by atoms with van der Waals surface area (Å²) >= 11 is 0. The van der Waals surface area contributed by atoms with E-state index in [1.165, 1.54) is 0 Å². The third kappa shape index (κ3) is 1.05. The predicted octanol–water partition coefficient (Wildman–Crippen LogP) is 3.25. The summed E-state index contributed by atoms with van der Waals surface area (Å²) in [6.45, 7) is 6.66. The SMILES string of the molecule is CC12CCC(C3(Nc4ccc(cc4)N3)C1=O)C2(C)C. The van der Waals surface area contributed by atoms with Crippen molar-refractivity contribution in [2.75, 3.05) is 10.6 Å². The van der Waals surface area contributed by atoms with Crippen LogP contribution in [0.25, 0.3) is 0 Å². The summed E-state index contributed by atoms with van der Waals surface area (Å²) in [5, 5.41) is 7.01. The molecule has 2 aliphatic carbocycles. The van der Waals surface area contributed by atoms with Crippen LogP contribution in [0.1, 0.15) is 33.6 Å². The zero-order chi connectivity index (χ0) is 13.5. The fourth-order valence-electron chi connectivity index (χ4n) is 4.67. The predicted molar refractivity (Wildman–Crippen MR) is 76.0 cm³/mol. The largest absolute Gasteiger partial charge is 0.356 e. The molecule has 0 aromatic heterocycles. The maximum absolute atomic E-state index is 13.1. The molecular formula is C16H20N2O. The van der Waals surface area contributed by atoms with Crippen molar-refractivity contribution in [3.8, 4) is 0 Å². The average Bonchev–Trinajstić information content (AvgIpc) is 2.61. The first-order valence-corrected chi connectivity index (χ1v) is 7.11. The third-order valence-corrected chi connectivity index (χ3v) is 6.18. The van der Waals surface area contributed by atoms with Gasteiger partial charge in [0.2, 0.25) is 0 Å². The van der Waals surface area contributed by atoms with Crippen molar-refractivity contribution < 1.29 is 4.79 Å². The lowest BCUT2D eigenvalue weighted by atomic mass is 9.70. The van der Waals surface area contributed by atoms with E-state index >= 15 is 0 Å². The topological polar surface area (TPSA) is 41.1 Å². The summed E-state index contributed by atoms with van der Waals surface area (Å²) in [5.74, 6) is 0.672. The number of fused-ring (bicyclic) bond motifs is 4. The van der Waals surface area contributed by atoms with E-state index in [-0.39, 0.29) is 10.8 Å². The number of nitrogens with one attached hydrogen (secondary N) is 2. The van der Waals surface area contributed by atoms with Crippen molar-refractivity contribution in [1.82, 2.24) is 0 Å². The van der Waals surface area contributed by atoms with Gasteiger partial charge in [-0.2, -0.15) is 0 Å². The minimum Gasteiger partial charge on any atom is -0.356 e. The van der Waals surface area contributed by atoms with Gasteiger partial charge in [0.15, 0.2) is 11.4 Å². The van der Waals surface area contributed by atoms with Crippen molar-refractivity contribution in [3.63, 3.8) is 0 Å². The number of ketones is 1. The van der Waals surface area contributed by atoms with E-state index in [4.69, 9.17) is 0 Å². The molecule has 2 unspecified atom stereocenters. The van der Waals surface area contributed by atoms with Crippen molar-refractivity contribution >= 4 is 17.2 Å². The lowest BCUT2D eigenvalue weighted by Crippen LogP contribution is -2.58. The van der Waals surface area contributed by atoms with Crippen LogP contribution in [-0.4, -0.2) is 11.4 Å². The maximum Gasteiger partial charge on any atom is 0.185 e. The van der Waals surface area contributed by atoms with Crippen LogP contribution < -0.4 is 10.6 Å². The quantitative estimate of drug-likeness (QED) is 0.748. The van der Waals surface area contributed by atoms with Gasteiger partial charge in [-0.25, -0.2) is 0 Å². The summed E-state index contributed by atoms with van der Waals surface area (Å²) in [6.07, 6.45) is 2.12. The van der Waals surface area contributed by atoms with Crippen LogP contribution >= 0.6 is 0 Å². The van der Waals surface area contributed by atoms with E-state index in [1.54, 1.807) is 0 Å². The molecule has 2 N–H and O–H groups in total. The maximum atomic E-state index is 13.1. The van der Waals surface area contributed by atoms with Crippen LogP contribution in [0.5, 0.6) is 0 Å². The van der Waals surface area contributed by atoms with Crippen molar-refractivity contribution in [2.24, 2.45) is 16.7 Å². The third-order valence-electron chi connectivity index (χ3n) is 6.18. The van der Waals surface area contributed by atoms with Gasteiger partial charge < -0.3 is 10.6 Å². The Morgan fingerprint density at radius 2 is 1.58 bits per heavy atom. The van der Waals surface area contributed by atoms with E-state index in [0.29, 0.717) is 11.7 Å². The molecule has 3 nitrogen and oxygen atoms in total. The highest BCUT2D eigenvalue weighted by Crippen LogP contribution is 2.67. The molecule has 1 aromatic rings. The normalized spacial score (nSPS) is 36.2. The molecule has 2 heterocycles. The number of hydrogen-bond donors (Lipinski definition) is 2. The highest BCUT2D eigenvalue weighted by molar-refractivity contribution is 6.03. The Hall–Kier alpha value is -1.51. The number of benzene rings is 1. The minimum absolute atomic E-state index is 0.0367. The van der Waals surface area contributed by atoms with E-state index in [2.05, 4.69) is 31.4 Å². The molecule has 4 bridgehead atoms. The molecule has 3 heteroatoms. The number of Topliss-reactive ketones (excluding diaryl/α,β-unsaturated/α-hetero) is 1. The number of rotatable bonds is 0. The van der Waals surface area contributed by atoms with Crippen LogP contribution in [0.3, 0.4) is 0 Å². The van der Waals surface area contributed by atoms with Gasteiger partial charge in [-0.15, -0.1) is 0 Å². The van der Waals surface area contributed by atoms with Gasteiger partial charge in [0.1, 0.15) is 0 Å². The van der Waals surface area contributed by atoms with Crippen molar-refractivity contribution in [2.45, 2.75) is 39.3 Å². The van der Waals surface area contributed by atoms with E-state index in [1.807, 2.05) is 24.3 Å². The molecule has 0 saturated heterocycles. The molecule has 19 heavy (non-hydrogen) atoms. The molecule has 2 saturated carbocycles. The first kappa shape index (κ1) is 11.3. The molecule has 2 fully saturated rings. The number of carbonyl (C=O) groups is 1. The summed E-state index contributed by atoms with van der Waals surface area (Å²) in [6, 6.07) is 8.19. The molecule has 4 aliphatic rings. The van der Waals surface area contributed by atoms with Gasteiger partial charge in [0.05, 0.1) is 0 Å². The van der Waals surface area contributed by atoms with Crippen LogP contribution in [-0.2, 0) is 4.79 Å². The Labute approximate surface area is 113 Å². The Kier molecular flexibility index (Phi) is 1.77. The smallest absolute Gasteiger partial charge is 0.185 e. The van der Waals surface area contributed by atoms with Crippen LogP contribution in [0.2, 0.25) is 0 Å². The van der Waals surface area contributed by atoms with Gasteiger partial charge >= 0.3 is 0 Å². The monoisotopic (exact) mass is 256 g/mol. The Morgan fingerprint density at radius 1 is 1.05 bits per heavy atom. The summed E-state index contributed by atoms with van der Waals surface area (Å²) in [4.78, 5) is 13.1. The van der Waals surface area contributed by atoms with E-state index < -0.39 is 5.66 Å². The summed E-state index contributed by atoms with van der Waals surface area (Å²) in [5.41, 5.74) is 1.29. The van der Waals surface area contributed by atoms with Gasteiger partial charge in [0, 0.05) is 22.7 Å². The number of carbonyl (C=O) groups excluding carboxylic acids is 1. The van der Waals surface area contributed by atoms with E-state index in [0.717, 1.165) is 24.2 Å². The lowest BCUT2D eigenvalue weighted by molar-refractivity contribution is -0.131. The Morgan fingerprint density at radius 3 is 2.00 bits per heavy atom. The number of hydrogen-bond acceptors (Lipinski definition) is 3. The van der Waals surface area contributed by atoms with Gasteiger partial charge in [-0.1, -0.05) is 20.8 Å². The van der Waals surface area contributed by atoms with Gasteiger partial charge in [-0.05, 0) is 42.5 Å². The second-order valence-corrected chi connectivity index (χ2v) is 7.11. The second-order valence-electron chi connectivity index (χ2n) is 7.11. The average molecular weight is 256 g/mol. The first-order chi connectivity index (χ1) is 8.90. The molecule has 1 spiro atoms. The molecule has 0 amide bonds. The molecule has 0 radical (unpaired) electrons. The zero-order valence-corrected chi connectivity index (χ0v) is 11.7. The molecular weight excluding hydrogens is 236 g/mol. The fourth-order valence-corrected chi connectivity index (χ4v) is 4.67. The first-order valence-electron chi connectivity index (χ1n) is 7.11. The van der Waals surface area contributed by atoms with Crippen LogP contribution in [0.4, 0.5) is 11.4 Å². The lowest BCUT2D eigenvalue weighted by Gasteiger charge is -2.39. The summed E-state index contributed by atoms with van der Waals surface area (Å²) < 4.78 is 0. The van der Waals surface area contributed by atoms with Crippen molar-refractivity contribution in [1.29, 1.82) is 0 Å². The fraction of sp³-hybridized carbons (Fsp3) is 0.562. The number of anilines is 2. The molecule has 2 atom stereocenters. The minimum atomic E-state index is -0.603. The summed E-state index contributed by atoms with van der Waals surface area (Å²) in [7, 11) is 0. The van der Waals surface area contributed by atoms with Gasteiger partial charge in [0.25, 0.3) is 0 Å². The highest BCUT2D eigenvalue weighted by atomic mass is 16.1. The van der Waals surface area contributed by atoms with Gasteiger partial charge in [-0.3, -0.25) is 4.79 Å². The van der Waals surface area contributed by atoms with E-state index in [9.17, 15) is 4.79 Å². The Balaban J connectivity index is 1.90. The molecule has 2 aliphatic heterocycles. The van der Waals surface area contributed by atoms with Crippen LogP contribution in [0, 0.1) is 16.7 Å². The van der Waals surface area contributed by atoms with Crippen molar-refractivity contribution in [3.05, 3.63) is 24.3 Å². The standard InChI is InChI=1S/C16H20N2O/c1-14(2)12-8-9-15(14,3)13(19)16(12)17-10-4-5-11(18-16)7-6-10/h4-7,12,17-18H,8-9H2,1-3H3.